The van der Waals surface area contributed by atoms with Crippen LogP contribution in [0.15, 0.2) is 18.2 Å². The van der Waals surface area contributed by atoms with Crippen molar-refractivity contribution in [3.05, 3.63) is 23.9 Å². The molecule has 1 saturated heterocycles. The number of aryl methyl sites for hydroxylation is 1. The third-order valence-electron chi connectivity index (χ3n) is 2.97. The van der Waals surface area contributed by atoms with Crippen molar-refractivity contribution in [1.29, 1.82) is 0 Å². The summed E-state index contributed by atoms with van der Waals surface area (Å²) in [7, 11) is 0. The highest BCUT2D eigenvalue weighted by molar-refractivity contribution is 7.13. The summed E-state index contributed by atoms with van der Waals surface area (Å²) in [6.45, 7) is 5.01. The monoisotopic (exact) mass is 234 g/mol. The lowest BCUT2D eigenvalue weighted by Crippen LogP contribution is -2.45. The fourth-order valence-electron chi connectivity index (χ4n) is 1.90. The first-order chi connectivity index (χ1) is 7.84. The summed E-state index contributed by atoms with van der Waals surface area (Å²) in [4.78, 5) is 0. The standard InChI is InChI=1S/C12H14N2OS/c1-8-12-10(15-7-9-5-13-6-9)3-2-4-11(12)16-14-8/h2-4,9,13H,5-7H2,1H3. The average molecular weight is 234 g/mol. The summed E-state index contributed by atoms with van der Waals surface area (Å²) < 4.78 is 11.5. The van der Waals surface area contributed by atoms with Crippen LogP contribution in [0.3, 0.4) is 0 Å². The van der Waals surface area contributed by atoms with E-state index in [1.165, 1.54) is 21.6 Å². The van der Waals surface area contributed by atoms with Gasteiger partial charge in [-0.2, -0.15) is 4.37 Å². The Labute approximate surface area is 98.6 Å². The van der Waals surface area contributed by atoms with Crippen LogP contribution in [0.1, 0.15) is 5.69 Å². The van der Waals surface area contributed by atoms with Gasteiger partial charge < -0.3 is 10.1 Å². The minimum Gasteiger partial charge on any atom is -0.492 e. The van der Waals surface area contributed by atoms with E-state index >= 15 is 0 Å². The van der Waals surface area contributed by atoms with Gasteiger partial charge >= 0.3 is 0 Å². The maximum Gasteiger partial charge on any atom is 0.129 e. The van der Waals surface area contributed by atoms with Crippen LogP contribution in [0.5, 0.6) is 5.75 Å². The second-order valence-electron chi connectivity index (χ2n) is 4.23. The Bertz CT molecular complexity index is 505. The van der Waals surface area contributed by atoms with E-state index in [-0.39, 0.29) is 0 Å². The molecular weight excluding hydrogens is 220 g/mol. The van der Waals surface area contributed by atoms with Gasteiger partial charge in [0.15, 0.2) is 0 Å². The van der Waals surface area contributed by atoms with Crippen LogP contribution in [0.4, 0.5) is 0 Å². The van der Waals surface area contributed by atoms with Crippen LogP contribution < -0.4 is 10.1 Å². The molecule has 1 aliphatic rings. The summed E-state index contributed by atoms with van der Waals surface area (Å²) in [6.07, 6.45) is 0. The van der Waals surface area contributed by atoms with Gasteiger partial charge in [-0.05, 0) is 30.6 Å². The lowest BCUT2D eigenvalue weighted by atomic mass is 10.1. The van der Waals surface area contributed by atoms with Crippen molar-refractivity contribution >= 4 is 21.6 Å². The van der Waals surface area contributed by atoms with Crippen LogP contribution in [0.2, 0.25) is 0 Å². The van der Waals surface area contributed by atoms with Crippen LogP contribution in [-0.4, -0.2) is 24.1 Å². The molecule has 2 aromatic rings. The molecule has 0 saturated carbocycles. The molecule has 2 heterocycles. The van der Waals surface area contributed by atoms with Crippen LogP contribution >= 0.6 is 11.5 Å². The Morgan fingerprint density at radius 1 is 1.50 bits per heavy atom. The quantitative estimate of drug-likeness (QED) is 0.884. The van der Waals surface area contributed by atoms with E-state index in [0.29, 0.717) is 5.92 Å². The van der Waals surface area contributed by atoms with E-state index in [1.54, 1.807) is 0 Å². The average Bonchev–Trinajstić information content (AvgIpc) is 2.59. The number of aromatic nitrogens is 1. The second kappa shape index (κ2) is 4.03. The summed E-state index contributed by atoms with van der Waals surface area (Å²) in [5.74, 6) is 1.65. The molecular formula is C12H14N2OS. The highest BCUT2D eigenvalue weighted by atomic mass is 32.1. The van der Waals surface area contributed by atoms with Crippen molar-refractivity contribution in [3.63, 3.8) is 0 Å². The van der Waals surface area contributed by atoms with Gasteiger partial charge in [0.25, 0.3) is 0 Å². The largest absolute Gasteiger partial charge is 0.492 e. The first kappa shape index (κ1) is 10.1. The van der Waals surface area contributed by atoms with E-state index in [1.807, 2.05) is 19.1 Å². The van der Waals surface area contributed by atoms with E-state index in [4.69, 9.17) is 4.74 Å². The lowest BCUT2D eigenvalue weighted by Gasteiger charge is -2.26. The van der Waals surface area contributed by atoms with Crippen molar-refractivity contribution in [1.82, 2.24) is 9.69 Å². The highest BCUT2D eigenvalue weighted by Gasteiger charge is 2.18. The molecule has 16 heavy (non-hydrogen) atoms. The molecule has 3 nitrogen and oxygen atoms in total. The van der Waals surface area contributed by atoms with Crippen LogP contribution in [0, 0.1) is 12.8 Å². The number of nitrogens with zero attached hydrogens (tertiary/aromatic N) is 1. The Hall–Kier alpha value is -1.13. The Balaban J connectivity index is 1.86. The fraction of sp³-hybridized carbons (Fsp3) is 0.417. The van der Waals surface area contributed by atoms with Crippen molar-refractivity contribution in [2.75, 3.05) is 19.7 Å². The molecule has 1 N–H and O–H groups in total. The molecule has 84 valence electrons. The number of fused-ring (bicyclic) bond motifs is 1. The van der Waals surface area contributed by atoms with E-state index < -0.39 is 0 Å². The minimum atomic E-state index is 0.669. The first-order valence-corrected chi connectivity index (χ1v) is 6.30. The normalized spacial score (nSPS) is 16.3. The van der Waals surface area contributed by atoms with Gasteiger partial charge in [-0.25, -0.2) is 0 Å². The third-order valence-corrected chi connectivity index (χ3v) is 3.87. The molecule has 4 heteroatoms. The lowest BCUT2D eigenvalue weighted by molar-refractivity contribution is 0.201. The van der Waals surface area contributed by atoms with Crippen LogP contribution in [0.25, 0.3) is 10.1 Å². The van der Waals surface area contributed by atoms with Crippen molar-refractivity contribution in [2.45, 2.75) is 6.92 Å². The molecule has 0 bridgehead atoms. The second-order valence-corrected chi connectivity index (χ2v) is 5.04. The van der Waals surface area contributed by atoms with E-state index in [9.17, 15) is 0 Å². The van der Waals surface area contributed by atoms with Crippen LogP contribution in [-0.2, 0) is 0 Å². The summed E-state index contributed by atoms with van der Waals surface area (Å²) >= 11 is 1.54. The molecule has 0 aliphatic carbocycles. The summed E-state index contributed by atoms with van der Waals surface area (Å²) in [5, 5.41) is 4.43. The molecule has 1 aliphatic heterocycles. The maximum atomic E-state index is 5.89. The zero-order valence-electron chi connectivity index (χ0n) is 9.19. The predicted molar refractivity (Wildman–Crippen MR) is 66.2 cm³/mol. The predicted octanol–water partition coefficient (Wildman–Crippen LogP) is 2.20. The molecule has 0 radical (unpaired) electrons. The van der Waals surface area contributed by atoms with Gasteiger partial charge in [-0.1, -0.05) is 6.07 Å². The highest BCUT2D eigenvalue weighted by Crippen LogP contribution is 2.31. The molecule has 0 unspecified atom stereocenters. The molecule has 0 amide bonds. The molecule has 0 spiro atoms. The Morgan fingerprint density at radius 2 is 2.38 bits per heavy atom. The molecule has 1 aromatic heterocycles. The Morgan fingerprint density at radius 3 is 3.12 bits per heavy atom. The van der Waals surface area contributed by atoms with E-state index in [0.717, 1.165) is 31.1 Å². The number of nitrogens with one attached hydrogen (secondary N) is 1. The number of hydrogen-bond donors (Lipinski definition) is 1. The molecule has 1 fully saturated rings. The van der Waals surface area contributed by atoms with Gasteiger partial charge in [0.1, 0.15) is 5.75 Å². The maximum absolute atomic E-state index is 5.89. The Kier molecular flexibility index (Phi) is 2.53. The molecule has 1 aromatic carbocycles. The zero-order chi connectivity index (χ0) is 11.0. The van der Waals surface area contributed by atoms with Gasteiger partial charge in [0, 0.05) is 19.0 Å². The first-order valence-electron chi connectivity index (χ1n) is 5.53. The van der Waals surface area contributed by atoms with Crippen molar-refractivity contribution < 1.29 is 4.74 Å². The molecule has 3 rings (SSSR count). The SMILES string of the molecule is Cc1nsc2cccc(OCC3CNC3)c12. The summed E-state index contributed by atoms with van der Waals surface area (Å²) in [6, 6.07) is 6.17. The fourth-order valence-corrected chi connectivity index (χ4v) is 2.71. The summed E-state index contributed by atoms with van der Waals surface area (Å²) in [5.41, 5.74) is 1.07. The number of ether oxygens (including phenoxy) is 1. The van der Waals surface area contributed by atoms with Gasteiger partial charge in [-0.3, -0.25) is 0 Å². The minimum absolute atomic E-state index is 0.669. The zero-order valence-corrected chi connectivity index (χ0v) is 10.0. The molecule has 0 atom stereocenters. The third kappa shape index (κ3) is 1.68. The van der Waals surface area contributed by atoms with E-state index in [2.05, 4.69) is 15.8 Å². The smallest absolute Gasteiger partial charge is 0.129 e. The topological polar surface area (TPSA) is 34.1 Å². The van der Waals surface area contributed by atoms with Gasteiger partial charge in [-0.15, -0.1) is 0 Å². The number of rotatable bonds is 3. The number of hydrogen-bond acceptors (Lipinski definition) is 4. The van der Waals surface area contributed by atoms with Crippen molar-refractivity contribution in [3.8, 4) is 5.75 Å². The van der Waals surface area contributed by atoms with Gasteiger partial charge in [0.2, 0.25) is 0 Å². The van der Waals surface area contributed by atoms with Gasteiger partial charge in [0.05, 0.1) is 22.4 Å². The van der Waals surface area contributed by atoms with Crippen molar-refractivity contribution in [2.24, 2.45) is 5.92 Å². The number of benzene rings is 1.